The van der Waals surface area contributed by atoms with Gasteiger partial charge in [-0.25, -0.2) is 14.3 Å². The maximum absolute atomic E-state index is 13.3. The average Bonchev–Trinajstić information content (AvgIpc) is 3.14. The SMILES string of the molecule is C=CCn1c(=O)c2cnc(Nc3ccc4c(c3)CCC(N(C)C)C4)nc2n1-c1ccnc(C(C)(C)C)c1. The van der Waals surface area contributed by atoms with Crippen molar-refractivity contribution in [3.63, 3.8) is 0 Å². The van der Waals surface area contributed by atoms with Crippen molar-refractivity contribution in [3.8, 4) is 5.69 Å². The molecule has 0 amide bonds. The molecule has 4 aromatic rings. The van der Waals surface area contributed by atoms with Gasteiger partial charge in [0.05, 0.1) is 12.2 Å². The van der Waals surface area contributed by atoms with E-state index in [2.05, 4.69) is 79.8 Å². The second-order valence-corrected chi connectivity index (χ2v) is 11.0. The number of hydrogen-bond acceptors (Lipinski definition) is 6. The summed E-state index contributed by atoms with van der Waals surface area (Å²) in [6.07, 6.45) is 8.36. The number of aryl methyl sites for hydroxylation is 1. The van der Waals surface area contributed by atoms with Crippen LogP contribution in [0, 0.1) is 0 Å². The zero-order valence-electron chi connectivity index (χ0n) is 22.3. The van der Waals surface area contributed by atoms with Gasteiger partial charge < -0.3 is 10.2 Å². The molecule has 0 radical (unpaired) electrons. The first-order chi connectivity index (χ1) is 17.7. The summed E-state index contributed by atoms with van der Waals surface area (Å²) in [5.41, 5.74) is 5.72. The van der Waals surface area contributed by atoms with Crippen molar-refractivity contribution in [3.05, 3.63) is 82.6 Å². The molecule has 1 aromatic carbocycles. The molecule has 0 saturated carbocycles. The number of fused-ring (bicyclic) bond motifs is 2. The predicted octanol–water partition coefficient (Wildman–Crippen LogP) is 4.62. The minimum absolute atomic E-state index is 0.136. The van der Waals surface area contributed by atoms with E-state index in [1.54, 1.807) is 23.2 Å². The first-order valence-electron chi connectivity index (χ1n) is 12.8. The van der Waals surface area contributed by atoms with Gasteiger partial charge in [0, 0.05) is 35.2 Å². The monoisotopic (exact) mass is 497 g/mol. The third kappa shape index (κ3) is 4.81. The van der Waals surface area contributed by atoms with E-state index >= 15 is 0 Å². The predicted molar refractivity (Wildman–Crippen MR) is 149 cm³/mol. The van der Waals surface area contributed by atoms with Crippen LogP contribution in [0.5, 0.6) is 0 Å². The number of rotatable bonds is 6. The third-order valence-electron chi connectivity index (χ3n) is 7.13. The quantitative estimate of drug-likeness (QED) is 0.392. The maximum atomic E-state index is 13.3. The number of hydrogen-bond donors (Lipinski definition) is 1. The Kier molecular flexibility index (Phi) is 6.45. The fourth-order valence-corrected chi connectivity index (χ4v) is 4.98. The minimum atomic E-state index is -0.153. The molecule has 1 aliphatic rings. The van der Waals surface area contributed by atoms with Crippen LogP contribution in [0.2, 0.25) is 0 Å². The van der Waals surface area contributed by atoms with Crippen LogP contribution in [0.3, 0.4) is 0 Å². The van der Waals surface area contributed by atoms with Crippen molar-refractivity contribution in [2.75, 3.05) is 19.4 Å². The first-order valence-corrected chi connectivity index (χ1v) is 12.8. The highest BCUT2D eigenvalue weighted by atomic mass is 16.1. The number of nitrogens with one attached hydrogen (secondary N) is 1. The van der Waals surface area contributed by atoms with E-state index in [4.69, 9.17) is 4.98 Å². The number of benzene rings is 1. The van der Waals surface area contributed by atoms with Crippen LogP contribution < -0.4 is 10.9 Å². The van der Waals surface area contributed by atoms with Crippen LogP contribution in [-0.4, -0.2) is 49.4 Å². The van der Waals surface area contributed by atoms with Gasteiger partial charge in [0.2, 0.25) is 5.95 Å². The Morgan fingerprint density at radius 1 is 1.16 bits per heavy atom. The molecule has 1 N–H and O–H groups in total. The van der Waals surface area contributed by atoms with Gasteiger partial charge in [-0.1, -0.05) is 32.9 Å². The summed E-state index contributed by atoms with van der Waals surface area (Å²) in [5.74, 6) is 0.448. The Hall–Kier alpha value is -3.78. The summed E-state index contributed by atoms with van der Waals surface area (Å²) in [6, 6.07) is 11.0. The number of nitrogens with zero attached hydrogens (tertiary/aromatic N) is 6. The number of aromatic nitrogens is 5. The van der Waals surface area contributed by atoms with Gasteiger partial charge in [-0.3, -0.25) is 9.78 Å². The zero-order valence-corrected chi connectivity index (χ0v) is 22.3. The van der Waals surface area contributed by atoms with Crippen molar-refractivity contribution < 1.29 is 0 Å². The van der Waals surface area contributed by atoms with Crippen molar-refractivity contribution in [1.29, 1.82) is 0 Å². The maximum Gasteiger partial charge on any atom is 0.278 e. The molecule has 3 aromatic heterocycles. The van der Waals surface area contributed by atoms with Crippen molar-refractivity contribution in [1.82, 2.24) is 29.2 Å². The van der Waals surface area contributed by atoms with Crippen molar-refractivity contribution >= 4 is 22.7 Å². The second-order valence-electron chi connectivity index (χ2n) is 11.0. The summed E-state index contributed by atoms with van der Waals surface area (Å²) in [5, 5.41) is 3.83. The van der Waals surface area contributed by atoms with Gasteiger partial charge in [-0.05, 0) is 68.8 Å². The molecule has 0 bridgehead atoms. The molecular weight excluding hydrogens is 462 g/mol. The van der Waals surface area contributed by atoms with Gasteiger partial charge in [-0.15, -0.1) is 6.58 Å². The lowest BCUT2D eigenvalue weighted by Crippen LogP contribution is -2.33. The molecule has 3 heterocycles. The molecule has 1 atom stereocenters. The first kappa shape index (κ1) is 24.9. The summed E-state index contributed by atoms with van der Waals surface area (Å²) in [6.45, 7) is 10.6. The van der Waals surface area contributed by atoms with Crippen LogP contribution in [0.1, 0.15) is 44.0 Å². The van der Waals surface area contributed by atoms with E-state index in [0.717, 1.165) is 36.3 Å². The average molecular weight is 498 g/mol. The molecule has 0 spiro atoms. The Bertz CT molecular complexity index is 1520. The smallest absolute Gasteiger partial charge is 0.278 e. The fourth-order valence-electron chi connectivity index (χ4n) is 4.98. The Morgan fingerprint density at radius 3 is 2.70 bits per heavy atom. The largest absolute Gasteiger partial charge is 0.324 e. The Balaban J connectivity index is 1.55. The fraction of sp³-hybridized carbons (Fsp3) is 0.379. The van der Waals surface area contributed by atoms with Gasteiger partial charge in [-0.2, -0.15) is 4.98 Å². The summed E-state index contributed by atoms with van der Waals surface area (Å²) >= 11 is 0. The van der Waals surface area contributed by atoms with Crippen LogP contribution in [0.15, 0.2) is 60.2 Å². The van der Waals surface area contributed by atoms with Crippen LogP contribution in [0.4, 0.5) is 11.6 Å². The van der Waals surface area contributed by atoms with E-state index in [9.17, 15) is 4.79 Å². The highest BCUT2D eigenvalue weighted by Gasteiger charge is 2.22. The lowest BCUT2D eigenvalue weighted by molar-refractivity contribution is 0.268. The topological polar surface area (TPSA) is 80.9 Å². The molecule has 5 rings (SSSR count). The molecule has 1 aliphatic carbocycles. The summed E-state index contributed by atoms with van der Waals surface area (Å²) < 4.78 is 3.48. The molecule has 8 nitrogen and oxygen atoms in total. The van der Waals surface area contributed by atoms with E-state index in [1.807, 2.05) is 16.8 Å². The van der Waals surface area contributed by atoms with Gasteiger partial charge in [0.25, 0.3) is 5.56 Å². The van der Waals surface area contributed by atoms with Crippen LogP contribution in [0.25, 0.3) is 16.7 Å². The highest BCUT2D eigenvalue weighted by Crippen LogP contribution is 2.28. The molecule has 1 unspecified atom stereocenters. The molecule has 0 aliphatic heterocycles. The van der Waals surface area contributed by atoms with Gasteiger partial charge in [0.15, 0.2) is 5.65 Å². The third-order valence-corrected chi connectivity index (χ3v) is 7.13. The minimum Gasteiger partial charge on any atom is -0.324 e. The number of pyridine rings is 1. The summed E-state index contributed by atoms with van der Waals surface area (Å²) in [4.78, 5) is 29.4. The van der Waals surface area contributed by atoms with Crippen LogP contribution in [-0.2, 0) is 24.8 Å². The number of likely N-dealkylation sites (N-methyl/N-ethyl adjacent to an activating group) is 1. The standard InChI is InChI=1S/C29H35N7O/c1-7-14-35-27(37)24-18-31-28(32-21-10-8-20-16-22(34(5)6)11-9-19(20)15-21)33-26(24)36(35)23-12-13-30-25(17-23)29(2,3)4/h7-8,10,12-13,15,17-18,22H,1,9,11,14,16H2,2-6H3,(H,31,32,33). The van der Waals surface area contributed by atoms with Crippen molar-refractivity contribution in [2.45, 2.75) is 58.0 Å². The summed E-state index contributed by atoms with van der Waals surface area (Å²) in [7, 11) is 4.30. The molecule has 0 saturated heterocycles. The lowest BCUT2D eigenvalue weighted by Gasteiger charge is -2.30. The van der Waals surface area contributed by atoms with E-state index < -0.39 is 0 Å². The Labute approximate surface area is 217 Å². The normalized spacial score (nSPS) is 15.7. The number of allylic oxidation sites excluding steroid dienone is 1. The molecule has 0 fully saturated rings. The van der Waals surface area contributed by atoms with Gasteiger partial charge >= 0.3 is 0 Å². The van der Waals surface area contributed by atoms with E-state index in [0.29, 0.717) is 29.6 Å². The highest BCUT2D eigenvalue weighted by molar-refractivity contribution is 5.77. The van der Waals surface area contributed by atoms with Crippen LogP contribution >= 0.6 is 0 Å². The number of anilines is 2. The molecule has 8 heteroatoms. The lowest BCUT2D eigenvalue weighted by atomic mass is 9.87. The van der Waals surface area contributed by atoms with Crippen molar-refractivity contribution in [2.24, 2.45) is 0 Å². The molecular formula is C29H35N7O. The Morgan fingerprint density at radius 2 is 1.97 bits per heavy atom. The molecule has 192 valence electrons. The zero-order chi connectivity index (χ0) is 26.3. The van der Waals surface area contributed by atoms with Gasteiger partial charge in [0.1, 0.15) is 5.39 Å². The second kappa shape index (κ2) is 9.59. The van der Waals surface area contributed by atoms with E-state index in [1.165, 1.54) is 11.1 Å². The van der Waals surface area contributed by atoms with E-state index in [-0.39, 0.29) is 11.0 Å². The molecule has 37 heavy (non-hydrogen) atoms.